The molecule has 1 aliphatic heterocycles. The van der Waals surface area contributed by atoms with Crippen molar-refractivity contribution < 1.29 is 14.3 Å². The summed E-state index contributed by atoms with van der Waals surface area (Å²) in [5.74, 6) is 0.769. The fraction of sp³-hybridized carbons (Fsp3) is 0.214. The summed E-state index contributed by atoms with van der Waals surface area (Å²) in [6, 6.07) is 7.54. The number of methoxy groups -OCH3 is 1. The molecule has 0 aliphatic carbocycles. The summed E-state index contributed by atoms with van der Waals surface area (Å²) < 4.78 is 10.4. The molecule has 0 unspecified atom stereocenters. The molecule has 1 aromatic carbocycles. The van der Waals surface area contributed by atoms with Gasteiger partial charge in [0.25, 0.3) is 0 Å². The quantitative estimate of drug-likeness (QED) is 0.796. The number of benzene rings is 1. The van der Waals surface area contributed by atoms with Gasteiger partial charge in [0.15, 0.2) is 0 Å². The Morgan fingerprint density at radius 1 is 1.28 bits per heavy atom. The first-order chi connectivity index (χ1) is 8.78. The lowest BCUT2D eigenvalue weighted by Crippen LogP contribution is -1.99. The highest BCUT2D eigenvalue weighted by atomic mass is 32.1. The van der Waals surface area contributed by atoms with Crippen LogP contribution < -0.4 is 4.74 Å². The zero-order valence-corrected chi connectivity index (χ0v) is 10.8. The SMILES string of the molecule is COc1csc(C(=O)c2ccc3c(c2)COC3)c1. The third-order valence-electron chi connectivity index (χ3n) is 3.02. The predicted octanol–water partition coefficient (Wildman–Crippen LogP) is 3.02. The maximum atomic E-state index is 12.3. The smallest absolute Gasteiger partial charge is 0.203 e. The first kappa shape index (κ1) is 11.4. The van der Waals surface area contributed by atoms with E-state index in [9.17, 15) is 4.79 Å². The summed E-state index contributed by atoms with van der Waals surface area (Å²) in [6.45, 7) is 1.25. The molecular weight excluding hydrogens is 248 g/mol. The molecule has 0 radical (unpaired) electrons. The number of carbonyl (C=O) groups excluding carboxylic acids is 1. The second kappa shape index (κ2) is 4.55. The van der Waals surface area contributed by atoms with E-state index in [1.165, 1.54) is 16.9 Å². The third-order valence-corrected chi connectivity index (χ3v) is 3.93. The minimum Gasteiger partial charge on any atom is -0.496 e. The summed E-state index contributed by atoms with van der Waals surface area (Å²) >= 11 is 1.40. The monoisotopic (exact) mass is 260 g/mol. The van der Waals surface area contributed by atoms with Gasteiger partial charge in [-0.25, -0.2) is 0 Å². The van der Waals surface area contributed by atoms with Crippen LogP contribution in [0.15, 0.2) is 29.6 Å². The van der Waals surface area contributed by atoms with Gasteiger partial charge in [-0.3, -0.25) is 4.79 Å². The van der Waals surface area contributed by atoms with Crippen molar-refractivity contribution in [3.8, 4) is 5.75 Å². The summed E-state index contributed by atoms with van der Waals surface area (Å²) in [7, 11) is 1.60. The highest BCUT2D eigenvalue weighted by Gasteiger charge is 2.16. The number of rotatable bonds is 3. The highest BCUT2D eigenvalue weighted by molar-refractivity contribution is 7.12. The molecule has 0 bridgehead atoms. The lowest BCUT2D eigenvalue weighted by Gasteiger charge is -2.01. The van der Waals surface area contributed by atoms with Crippen LogP contribution in [0, 0.1) is 0 Å². The normalized spacial score (nSPS) is 13.4. The Hall–Kier alpha value is -1.65. The molecule has 2 heterocycles. The summed E-state index contributed by atoms with van der Waals surface area (Å²) in [5, 5.41) is 1.84. The number of fused-ring (bicyclic) bond motifs is 1. The van der Waals surface area contributed by atoms with E-state index in [1.807, 2.05) is 23.6 Å². The Morgan fingerprint density at radius 2 is 2.11 bits per heavy atom. The van der Waals surface area contributed by atoms with Gasteiger partial charge in [0.1, 0.15) is 5.75 Å². The van der Waals surface area contributed by atoms with E-state index in [2.05, 4.69) is 0 Å². The van der Waals surface area contributed by atoms with Crippen LogP contribution in [-0.2, 0) is 18.0 Å². The number of ketones is 1. The van der Waals surface area contributed by atoms with Gasteiger partial charge < -0.3 is 9.47 Å². The summed E-state index contributed by atoms with van der Waals surface area (Å²) in [6.07, 6.45) is 0. The molecule has 0 saturated heterocycles. The highest BCUT2D eigenvalue weighted by Crippen LogP contribution is 2.26. The van der Waals surface area contributed by atoms with Crippen molar-refractivity contribution >= 4 is 17.1 Å². The molecule has 3 rings (SSSR count). The van der Waals surface area contributed by atoms with Crippen molar-refractivity contribution in [3.05, 3.63) is 51.2 Å². The fourth-order valence-corrected chi connectivity index (χ4v) is 2.82. The van der Waals surface area contributed by atoms with Gasteiger partial charge in [-0.1, -0.05) is 12.1 Å². The van der Waals surface area contributed by atoms with Gasteiger partial charge in [0.2, 0.25) is 5.78 Å². The summed E-state index contributed by atoms with van der Waals surface area (Å²) in [5.41, 5.74) is 3.00. The number of hydrogen-bond donors (Lipinski definition) is 0. The van der Waals surface area contributed by atoms with Crippen molar-refractivity contribution in [1.82, 2.24) is 0 Å². The van der Waals surface area contributed by atoms with E-state index in [-0.39, 0.29) is 5.78 Å². The van der Waals surface area contributed by atoms with E-state index in [0.29, 0.717) is 23.7 Å². The minimum atomic E-state index is 0.0398. The van der Waals surface area contributed by atoms with Crippen LogP contribution >= 0.6 is 11.3 Å². The Bertz CT molecular complexity index is 601. The fourth-order valence-electron chi connectivity index (χ4n) is 2.00. The van der Waals surface area contributed by atoms with Crippen LogP contribution in [-0.4, -0.2) is 12.9 Å². The van der Waals surface area contributed by atoms with Crippen LogP contribution in [0.4, 0.5) is 0 Å². The zero-order chi connectivity index (χ0) is 12.5. The molecule has 0 amide bonds. The maximum absolute atomic E-state index is 12.3. The van der Waals surface area contributed by atoms with Gasteiger partial charge in [-0.05, 0) is 17.2 Å². The topological polar surface area (TPSA) is 35.5 Å². The number of ether oxygens (including phenoxy) is 2. The van der Waals surface area contributed by atoms with Gasteiger partial charge in [-0.2, -0.15) is 0 Å². The van der Waals surface area contributed by atoms with E-state index in [1.54, 1.807) is 13.2 Å². The average molecular weight is 260 g/mol. The molecule has 1 aliphatic rings. The Kier molecular flexibility index (Phi) is 2.89. The first-order valence-corrected chi connectivity index (χ1v) is 6.52. The van der Waals surface area contributed by atoms with Crippen molar-refractivity contribution in [2.45, 2.75) is 13.2 Å². The Morgan fingerprint density at radius 3 is 2.89 bits per heavy atom. The second-order valence-corrected chi connectivity index (χ2v) is 5.07. The lowest BCUT2D eigenvalue weighted by molar-refractivity contribution is 0.104. The third kappa shape index (κ3) is 1.94. The van der Waals surface area contributed by atoms with Crippen LogP contribution in [0.1, 0.15) is 26.4 Å². The van der Waals surface area contributed by atoms with Crippen LogP contribution in [0.2, 0.25) is 0 Å². The Balaban J connectivity index is 1.92. The maximum Gasteiger partial charge on any atom is 0.203 e. The van der Waals surface area contributed by atoms with E-state index in [0.717, 1.165) is 11.3 Å². The van der Waals surface area contributed by atoms with Gasteiger partial charge >= 0.3 is 0 Å². The molecular formula is C14H12O3S. The number of hydrogen-bond acceptors (Lipinski definition) is 4. The molecule has 0 fully saturated rings. The molecule has 0 saturated carbocycles. The van der Waals surface area contributed by atoms with Gasteiger partial charge in [0.05, 0.1) is 25.2 Å². The van der Waals surface area contributed by atoms with Crippen LogP contribution in [0.25, 0.3) is 0 Å². The van der Waals surface area contributed by atoms with Crippen molar-refractivity contribution in [2.24, 2.45) is 0 Å². The molecule has 4 heteroatoms. The van der Waals surface area contributed by atoms with Gasteiger partial charge in [0, 0.05) is 17.0 Å². The number of thiophene rings is 1. The molecule has 2 aromatic rings. The number of carbonyl (C=O) groups is 1. The van der Waals surface area contributed by atoms with Crippen molar-refractivity contribution in [3.63, 3.8) is 0 Å². The molecule has 92 valence electrons. The van der Waals surface area contributed by atoms with Crippen molar-refractivity contribution in [2.75, 3.05) is 7.11 Å². The minimum absolute atomic E-state index is 0.0398. The van der Waals surface area contributed by atoms with E-state index >= 15 is 0 Å². The molecule has 0 atom stereocenters. The molecule has 18 heavy (non-hydrogen) atoms. The van der Waals surface area contributed by atoms with Crippen LogP contribution in [0.3, 0.4) is 0 Å². The summed E-state index contributed by atoms with van der Waals surface area (Å²) in [4.78, 5) is 13.0. The van der Waals surface area contributed by atoms with Crippen molar-refractivity contribution in [1.29, 1.82) is 0 Å². The molecule has 0 N–H and O–H groups in total. The van der Waals surface area contributed by atoms with Gasteiger partial charge in [-0.15, -0.1) is 11.3 Å². The van der Waals surface area contributed by atoms with E-state index in [4.69, 9.17) is 9.47 Å². The lowest BCUT2D eigenvalue weighted by atomic mass is 10.0. The molecule has 0 spiro atoms. The predicted molar refractivity (Wildman–Crippen MR) is 69.2 cm³/mol. The molecule has 3 nitrogen and oxygen atoms in total. The molecule has 1 aromatic heterocycles. The largest absolute Gasteiger partial charge is 0.496 e. The Labute approximate surface area is 109 Å². The second-order valence-electron chi connectivity index (χ2n) is 4.16. The average Bonchev–Trinajstić information content (AvgIpc) is 3.05. The standard InChI is InChI=1S/C14H12O3S/c1-16-12-5-13(18-8-12)14(15)9-2-3-10-6-17-7-11(10)4-9/h2-5,8H,6-7H2,1H3. The van der Waals surface area contributed by atoms with E-state index < -0.39 is 0 Å². The first-order valence-electron chi connectivity index (χ1n) is 5.64. The zero-order valence-electron chi connectivity index (χ0n) is 9.93. The van der Waals surface area contributed by atoms with Crippen LogP contribution in [0.5, 0.6) is 5.75 Å².